The molecular formula is C17H20ClN3O2. The van der Waals surface area contributed by atoms with Crippen molar-refractivity contribution in [1.29, 1.82) is 0 Å². The fraction of sp³-hybridized carbons (Fsp3) is 0.353. The number of halogens is 1. The van der Waals surface area contributed by atoms with Crippen molar-refractivity contribution in [2.75, 3.05) is 13.2 Å². The molecule has 0 aliphatic rings. The molecule has 0 unspecified atom stereocenters. The number of rotatable bonds is 8. The molecule has 122 valence electrons. The summed E-state index contributed by atoms with van der Waals surface area (Å²) in [6.45, 7) is 0.398. The van der Waals surface area contributed by atoms with Crippen molar-refractivity contribution < 1.29 is 9.90 Å². The first-order valence-electron chi connectivity index (χ1n) is 7.55. The Kier molecular flexibility index (Phi) is 6.97. The van der Waals surface area contributed by atoms with Gasteiger partial charge in [0.25, 0.3) is 0 Å². The molecule has 2 aromatic rings. The van der Waals surface area contributed by atoms with Gasteiger partial charge in [-0.2, -0.15) is 0 Å². The lowest BCUT2D eigenvalue weighted by molar-refractivity contribution is -0.121. The van der Waals surface area contributed by atoms with Crippen LogP contribution in [0.4, 0.5) is 0 Å². The van der Waals surface area contributed by atoms with Crippen LogP contribution in [0.3, 0.4) is 0 Å². The van der Waals surface area contributed by atoms with E-state index in [9.17, 15) is 9.90 Å². The molecule has 0 spiro atoms. The molecule has 0 saturated carbocycles. The lowest BCUT2D eigenvalue weighted by Crippen LogP contribution is -2.32. The maximum absolute atomic E-state index is 11.9. The quantitative estimate of drug-likeness (QED) is 0.775. The molecule has 0 aliphatic carbocycles. The first-order chi connectivity index (χ1) is 11.2. The van der Waals surface area contributed by atoms with E-state index in [0.717, 1.165) is 11.3 Å². The van der Waals surface area contributed by atoms with Crippen LogP contribution >= 0.6 is 11.6 Å². The predicted octanol–water partition coefficient (Wildman–Crippen LogP) is 2.03. The first kappa shape index (κ1) is 17.4. The monoisotopic (exact) mass is 333 g/mol. The summed E-state index contributed by atoms with van der Waals surface area (Å²) < 4.78 is 0. The molecule has 2 heterocycles. The van der Waals surface area contributed by atoms with Crippen molar-refractivity contribution >= 4 is 17.5 Å². The molecule has 0 fully saturated rings. The second-order valence-corrected chi connectivity index (χ2v) is 5.75. The minimum Gasteiger partial charge on any atom is -0.396 e. The largest absolute Gasteiger partial charge is 0.396 e. The molecule has 0 radical (unpaired) electrons. The van der Waals surface area contributed by atoms with E-state index in [1.165, 1.54) is 0 Å². The van der Waals surface area contributed by atoms with Gasteiger partial charge in [0.2, 0.25) is 5.91 Å². The van der Waals surface area contributed by atoms with Gasteiger partial charge in [0.1, 0.15) is 0 Å². The van der Waals surface area contributed by atoms with Crippen molar-refractivity contribution in [3.63, 3.8) is 0 Å². The SMILES string of the molecule is O=C(CCc1ccccn1)NC[C@@H](CO)Cc1ccncc1Cl. The van der Waals surface area contributed by atoms with E-state index in [2.05, 4.69) is 15.3 Å². The van der Waals surface area contributed by atoms with Crippen LogP contribution in [0.25, 0.3) is 0 Å². The Labute approximate surface area is 140 Å². The van der Waals surface area contributed by atoms with E-state index in [1.807, 2.05) is 24.3 Å². The highest BCUT2D eigenvalue weighted by atomic mass is 35.5. The Balaban J connectivity index is 1.76. The molecule has 2 aromatic heterocycles. The number of nitrogens with zero attached hydrogens (tertiary/aromatic N) is 2. The molecule has 0 saturated heterocycles. The summed E-state index contributed by atoms with van der Waals surface area (Å²) >= 11 is 6.07. The fourth-order valence-corrected chi connectivity index (χ4v) is 2.41. The summed E-state index contributed by atoms with van der Waals surface area (Å²) in [4.78, 5) is 20.0. The summed E-state index contributed by atoms with van der Waals surface area (Å²) in [5.74, 6) is -0.122. The molecule has 1 atom stereocenters. The Bertz CT molecular complexity index is 622. The lowest BCUT2D eigenvalue weighted by Gasteiger charge is -2.15. The van der Waals surface area contributed by atoms with Gasteiger partial charge in [0, 0.05) is 49.8 Å². The van der Waals surface area contributed by atoms with E-state index < -0.39 is 0 Å². The van der Waals surface area contributed by atoms with Crippen molar-refractivity contribution in [1.82, 2.24) is 15.3 Å². The number of carbonyl (C=O) groups excluding carboxylic acids is 1. The number of carbonyl (C=O) groups is 1. The van der Waals surface area contributed by atoms with Gasteiger partial charge in [-0.05, 0) is 36.6 Å². The van der Waals surface area contributed by atoms with E-state index >= 15 is 0 Å². The number of amides is 1. The van der Waals surface area contributed by atoms with Gasteiger partial charge in [-0.1, -0.05) is 17.7 Å². The maximum atomic E-state index is 11.9. The molecule has 0 aliphatic heterocycles. The highest BCUT2D eigenvalue weighted by Gasteiger charge is 2.12. The van der Waals surface area contributed by atoms with Gasteiger partial charge in [-0.25, -0.2) is 0 Å². The standard InChI is InChI=1S/C17H20ClN3O2/c18-16-11-19-8-6-14(16)9-13(12-22)10-21-17(23)5-4-15-3-1-2-7-20-15/h1-3,6-8,11,13,22H,4-5,9-10,12H2,(H,21,23)/t13-/m0/s1. The minimum absolute atomic E-state index is 0.0147. The summed E-state index contributed by atoms with van der Waals surface area (Å²) in [5, 5.41) is 12.9. The third-order valence-electron chi connectivity index (χ3n) is 3.55. The molecule has 5 nitrogen and oxygen atoms in total. The summed E-state index contributed by atoms with van der Waals surface area (Å²) in [6.07, 6.45) is 6.54. The summed E-state index contributed by atoms with van der Waals surface area (Å²) in [7, 11) is 0. The first-order valence-corrected chi connectivity index (χ1v) is 7.92. The number of aromatic nitrogens is 2. The maximum Gasteiger partial charge on any atom is 0.220 e. The predicted molar refractivity (Wildman–Crippen MR) is 89.1 cm³/mol. The van der Waals surface area contributed by atoms with Crippen LogP contribution in [-0.2, 0) is 17.6 Å². The smallest absolute Gasteiger partial charge is 0.220 e. The number of nitrogens with one attached hydrogen (secondary N) is 1. The molecule has 2 N–H and O–H groups in total. The van der Waals surface area contributed by atoms with Gasteiger partial charge in [0.15, 0.2) is 0 Å². The molecule has 0 bridgehead atoms. The van der Waals surface area contributed by atoms with Gasteiger partial charge in [0.05, 0.1) is 5.02 Å². The molecule has 0 aromatic carbocycles. The van der Waals surface area contributed by atoms with Crippen LogP contribution in [0, 0.1) is 5.92 Å². The van der Waals surface area contributed by atoms with Crippen molar-refractivity contribution in [3.05, 3.63) is 59.1 Å². The number of hydrogen-bond acceptors (Lipinski definition) is 4. The van der Waals surface area contributed by atoms with Crippen molar-refractivity contribution in [2.24, 2.45) is 5.92 Å². The highest BCUT2D eigenvalue weighted by Crippen LogP contribution is 2.17. The van der Waals surface area contributed by atoms with Gasteiger partial charge >= 0.3 is 0 Å². The molecule has 23 heavy (non-hydrogen) atoms. The Morgan fingerprint density at radius 1 is 1.30 bits per heavy atom. The van der Waals surface area contributed by atoms with E-state index in [-0.39, 0.29) is 18.4 Å². The zero-order valence-corrected chi connectivity index (χ0v) is 13.5. The van der Waals surface area contributed by atoms with Crippen LogP contribution in [0.1, 0.15) is 17.7 Å². The summed E-state index contributed by atoms with van der Waals surface area (Å²) in [5.41, 5.74) is 1.81. The fourth-order valence-electron chi connectivity index (χ4n) is 2.22. The highest BCUT2D eigenvalue weighted by molar-refractivity contribution is 6.31. The van der Waals surface area contributed by atoms with E-state index in [0.29, 0.717) is 30.8 Å². The number of pyridine rings is 2. The second kappa shape index (κ2) is 9.22. The Hall–Kier alpha value is -1.98. The number of aryl methyl sites for hydroxylation is 1. The van der Waals surface area contributed by atoms with Gasteiger partial charge in [-0.15, -0.1) is 0 Å². The van der Waals surface area contributed by atoms with Crippen LogP contribution < -0.4 is 5.32 Å². The second-order valence-electron chi connectivity index (χ2n) is 5.34. The molecular weight excluding hydrogens is 314 g/mol. The van der Waals surface area contributed by atoms with Gasteiger partial charge < -0.3 is 10.4 Å². The van der Waals surface area contributed by atoms with Crippen molar-refractivity contribution in [2.45, 2.75) is 19.3 Å². The Morgan fingerprint density at radius 3 is 2.87 bits per heavy atom. The Morgan fingerprint density at radius 2 is 2.17 bits per heavy atom. The molecule has 2 rings (SSSR count). The average molecular weight is 334 g/mol. The third kappa shape index (κ3) is 5.96. The zero-order valence-electron chi connectivity index (χ0n) is 12.8. The van der Waals surface area contributed by atoms with Crippen molar-refractivity contribution in [3.8, 4) is 0 Å². The topological polar surface area (TPSA) is 75.1 Å². The van der Waals surface area contributed by atoms with Crippen LogP contribution in [-0.4, -0.2) is 34.1 Å². The van der Waals surface area contributed by atoms with Crippen LogP contribution in [0.2, 0.25) is 5.02 Å². The van der Waals surface area contributed by atoms with Crippen LogP contribution in [0.5, 0.6) is 0 Å². The van der Waals surface area contributed by atoms with Crippen LogP contribution in [0.15, 0.2) is 42.9 Å². The summed E-state index contributed by atoms with van der Waals surface area (Å²) in [6, 6.07) is 7.48. The number of hydrogen-bond donors (Lipinski definition) is 2. The molecule has 1 amide bonds. The molecule has 6 heteroatoms. The average Bonchev–Trinajstić information content (AvgIpc) is 2.59. The third-order valence-corrected chi connectivity index (χ3v) is 3.89. The minimum atomic E-state index is -0.0753. The number of aliphatic hydroxyl groups excluding tert-OH is 1. The number of aliphatic hydroxyl groups is 1. The van der Waals surface area contributed by atoms with Gasteiger partial charge in [-0.3, -0.25) is 14.8 Å². The lowest BCUT2D eigenvalue weighted by atomic mass is 10.0. The van der Waals surface area contributed by atoms with E-state index in [1.54, 1.807) is 18.6 Å². The van der Waals surface area contributed by atoms with E-state index in [4.69, 9.17) is 11.6 Å². The zero-order chi connectivity index (χ0) is 16.5. The normalized spacial score (nSPS) is 11.9.